The second-order valence-corrected chi connectivity index (χ2v) is 7.93. The van der Waals surface area contributed by atoms with E-state index in [4.69, 9.17) is 0 Å². The Balaban J connectivity index is 2.37. The molecule has 0 aromatic heterocycles. The fraction of sp³-hybridized carbons (Fsp3) is 0.562. The Morgan fingerprint density at radius 1 is 0.686 bits per heavy atom. The van der Waals surface area contributed by atoms with Gasteiger partial charge in [0.15, 0.2) is 17.1 Å². The number of hydrogen-bond acceptors (Lipinski definition) is 18. The summed E-state index contributed by atoms with van der Waals surface area (Å²) in [7, 11) is 0.665. The molecule has 3 rings (SSSR count). The maximum Gasteiger partial charge on any atom is 0.329 e. The first-order valence-corrected chi connectivity index (χ1v) is 9.04. The Kier molecular flexibility index (Phi) is 5.29. The van der Waals surface area contributed by atoms with Crippen LogP contribution in [0.15, 0.2) is 0 Å². The molecule has 35 heavy (non-hydrogen) atoms. The number of phenolic OH excluding ortho intramolecular Hbond substituents is 3. The van der Waals surface area contributed by atoms with Crippen LogP contribution < -0.4 is 14.8 Å². The Morgan fingerprint density at radius 2 is 1.14 bits per heavy atom. The lowest BCUT2D eigenvalue weighted by atomic mass is 9.85. The van der Waals surface area contributed by atoms with Gasteiger partial charge in [-0.25, -0.2) is 0 Å². The van der Waals surface area contributed by atoms with Crippen molar-refractivity contribution in [1.29, 1.82) is 0 Å². The third-order valence-electron chi connectivity index (χ3n) is 6.00. The van der Waals surface area contributed by atoms with Crippen molar-refractivity contribution in [3.05, 3.63) is 5.56 Å². The van der Waals surface area contributed by atoms with Gasteiger partial charge in [-0.1, -0.05) is 0 Å². The molecule has 19 nitrogen and oxygen atoms in total. The zero-order chi connectivity index (χ0) is 27.4. The van der Waals surface area contributed by atoms with Crippen molar-refractivity contribution >= 4 is 5.91 Å². The van der Waals surface area contributed by atoms with Crippen molar-refractivity contribution in [1.82, 2.24) is 5.32 Å². The number of methoxy groups -OCH3 is 1. The summed E-state index contributed by atoms with van der Waals surface area (Å²) < 4.78 is 9.07. The fourth-order valence-electron chi connectivity index (χ4n) is 3.74. The maximum absolute atomic E-state index is 11.7. The highest BCUT2D eigenvalue weighted by Crippen LogP contribution is 2.61. The molecular weight excluding hydrogens is 494 g/mol. The zero-order valence-corrected chi connectivity index (χ0v) is 17.1. The smallest absolute Gasteiger partial charge is 0.329 e. The van der Waals surface area contributed by atoms with Gasteiger partial charge in [-0.3, -0.25) is 4.79 Å². The lowest BCUT2D eigenvalue weighted by molar-refractivity contribution is -0.452. The number of amides is 1. The van der Waals surface area contributed by atoms with Crippen LogP contribution in [0.1, 0.15) is 5.56 Å². The Hall–Kier alpha value is -2.79. The molecule has 1 aliphatic carbocycles. The first kappa shape index (κ1) is 26.8. The number of carbonyl (C=O) groups is 1. The first-order valence-electron chi connectivity index (χ1n) is 9.04. The van der Waals surface area contributed by atoms with E-state index in [2.05, 4.69) is 9.47 Å². The number of phenols is 3. The summed E-state index contributed by atoms with van der Waals surface area (Å²) in [6.45, 7) is -1.18. The molecule has 0 bridgehead atoms. The molecule has 2 fully saturated rings. The van der Waals surface area contributed by atoms with E-state index in [-0.39, 0.29) is 0 Å². The molecular formula is C16H21NO18. The second-order valence-electron chi connectivity index (χ2n) is 7.93. The maximum atomic E-state index is 11.7. The molecule has 1 aliphatic heterocycles. The van der Waals surface area contributed by atoms with E-state index >= 15 is 0 Å². The fourth-order valence-corrected chi connectivity index (χ4v) is 3.74. The van der Waals surface area contributed by atoms with E-state index in [9.17, 15) is 81.4 Å². The molecule has 1 aromatic rings. The summed E-state index contributed by atoms with van der Waals surface area (Å²) in [6, 6.07) is 0. The summed E-state index contributed by atoms with van der Waals surface area (Å²) >= 11 is 0. The van der Waals surface area contributed by atoms with Crippen molar-refractivity contribution in [3.8, 4) is 28.7 Å². The van der Waals surface area contributed by atoms with Crippen LogP contribution in [-0.4, -0.2) is 131 Å². The van der Waals surface area contributed by atoms with Crippen LogP contribution >= 0.6 is 0 Å². The van der Waals surface area contributed by atoms with E-state index in [0.717, 1.165) is 0 Å². The van der Waals surface area contributed by atoms with Crippen molar-refractivity contribution in [2.45, 2.75) is 40.3 Å². The molecule has 198 valence electrons. The average Bonchev–Trinajstić information content (AvgIpc) is 2.96. The van der Waals surface area contributed by atoms with Crippen LogP contribution in [0.2, 0.25) is 0 Å². The number of aliphatic hydroxyl groups is 12. The van der Waals surface area contributed by atoms with E-state index in [1.807, 2.05) is 0 Å². The molecule has 1 amide bonds. The van der Waals surface area contributed by atoms with Gasteiger partial charge in [0.1, 0.15) is 0 Å². The van der Waals surface area contributed by atoms with Crippen LogP contribution in [-0.2, 0) is 10.4 Å². The van der Waals surface area contributed by atoms with Crippen molar-refractivity contribution < 1.29 is 90.9 Å². The van der Waals surface area contributed by atoms with Gasteiger partial charge in [-0.2, -0.15) is 0 Å². The van der Waals surface area contributed by atoms with Crippen LogP contribution in [0.5, 0.6) is 28.7 Å². The Bertz CT molecular complexity index is 1070. The van der Waals surface area contributed by atoms with Crippen LogP contribution in [0, 0.1) is 0 Å². The number of nitrogens with one attached hydrogen (secondary N) is 1. The van der Waals surface area contributed by atoms with Crippen molar-refractivity contribution in [2.24, 2.45) is 0 Å². The molecule has 1 aromatic carbocycles. The van der Waals surface area contributed by atoms with Gasteiger partial charge in [0.05, 0.1) is 19.2 Å². The highest BCUT2D eigenvalue weighted by atomic mass is 16.8. The minimum absolute atomic E-state index is 0.665. The number of carbonyl (C=O) groups excluding carboxylic acids is 1. The largest absolute Gasteiger partial charge is 0.504 e. The topological polar surface area (TPSA) is 351 Å². The molecule has 1 heterocycles. The SMILES string of the molecule is COc1c(O)c(O)c(C2(O)CNC(=O)C2(O)O)c(O)c1OC1(O)C(O)(O)C(O)(O)C(O)(O)C1(O)O. The summed E-state index contributed by atoms with van der Waals surface area (Å²) in [6.07, 6.45) is 0. The summed E-state index contributed by atoms with van der Waals surface area (Å²) in [5, 5.41) is 153. The number of rotatable bonds is 4. The molecule has 19 heteroatoms. The van der Waals surface area contributed by atoms with E-state index in [1.54, 1.807) is 5.32 Å². The van der Waals surface area contributed by atoms with E-state index in [0.29, 0.717) is 7.11 Å². The molecule has 1 atom stereocenters. The van der Waals surface area contributed by atoms with Gasteiger partial charge in [0.25, 0.3) is 34.8 Å². The predicted octanol–water partition coefficient (Wildman–Crippen LogP) is -8.39. The minimum Gasteiger partial charge on any atom is -0.504 e. The zero-order valence-electron chi connectivity index (χ0n) is 17.1. The van der Waals surface area contributed by atoms with Gasteiger partial charge in [0, 0.05) is 0 Å². The summed E-state index contributed by atoms with van der Waals surface area (Å²) in [5.41, 5.74) is -5.02. The van der Waals surface area contributed by atoms with Gasteiger partial charge in [-0.05, 0) is 0 Å². The molecule has 0 radical (unpaired) electrons. The summed E-state index contributed by atoms with van der Waals surface area (Å²) in [5.74, 6) is -37.9. The molecule has 1 unspecified atom stereocenters. The number of hydrogen-bond donors (Lipinski definition) is 16. The quantitative estimate of drug-likeness (QED) is 0.100. The van der Waals surface area contributed by atoms with Crippen molar-refractivity contribution in [3.63, 3.8) is 0 Å². The third kappa shape index (κ3) is 2.65. The van der Waals surface area contributed by atoms with Gasteiger partial charge in [0.2, 0.25) is 17.2 Å². The van der Waals surface area contributed by atoms with E-state index < -0.39 is 87.1 Å². The number of ether oxygens (including phenoxy) is 2. The molecule has 1 saturated carbocycles. The predicted molar refractivity (Wildman–Crippen MR) is 96.3 cm³/mol. The van der Waals surface area contributed by atoms with Crippen molar-refractivity contribution in [2.75, 3.05) is 13.7 Å². The third-order valence-corrected chi connectivity index (χ3v) is 6.00. The number of aromatic hydroxyl groups is 3. The molecule has 16 N–H and O–H groups in total. The number of benzene rings is 1. The second kappa shape index (κ2) is 6.91. The monoisotopic (exact) mass is 515 g/mol. The average molecular weight is 515 g/mol. The molecule has 1 saturated heterocycles. The van der Waals surface area contributed by atoms with Gasteiger partial charge in [-0.15, -0.1) is 0 Å². The Labute approximate surface area is 191 Å². The normalized spacial score (nSPS) is 29.0. The van der Waals surface area contributed by atoms with Crippen LogP contribution in [0.4, 0.5) is 0 Å². The van der Waals surface area contributed by atoms with E-state index in [1.165, 1.54) is 0 Å². The standard InChI is InChI=1S/C16H21NO18/c1-34-7-6(20)4(18)3(10(22)2-17-9(21)11(10,23)24)5(19)8(7)35-16(33)14(29,30)12(25,26)13(27,28)15(16,31)32/h18-20,22-33H,2H2,1H3,(H,17,21). The van der Waals surface area contributed by atoms with Crippen LogP contribution in [0.25, 0.3) is 0 Å². The summed E-state index contributed by atoms with van der Waals surface area (Å²) in [4.78, 5) is 11.7. The lowest BCUT2D eigenvalue weighted by Crippen LogP contribution is -2.70. The highest BCUT2D eigenvalue weighted by Gasteiger charge is 2.93. The van der Waals surface area contributed by atoms with Gasteiger partial charge >= 0.3 is 5.79 Å². The first-order chi connectivity index (χ1) is 15.5. The lowest BCUT2D eigenvalue weighted by Gasteiger charge is -2.40. The Morgan fingerprint density at radius 3 is 1.51 bits per heavy atom. The number of β-amino-alcohol motifs (C(OH)–C–C–N with tert-alkyl or cyclic N) is 1. The van der Waals surface area contributed by atoms with Gasteiger partial charge < -0.3 is 91.4 Å². The molecule has 0 spiro atoms. The minimum atomic E-state index is -4.89. The van der Waals surface area contributed by atoms with Crippen LogP contribution in [0.3, 0.4) is 0 Å². The highest BCUT2D eigenvalue weighted by molar-refractivity contribution is 5.89. The molecule has 2 aliphatic rings.